The molecule has 3 rings (SSSR count). The number of aromatic nitrogens is 1. The summed E-state index contributed by atoms with van der Waals surface area (Å²) in [5.74, 6) is 0.551. The first-order valence-corrected chi connectivity index (χ1v) is 9.25. The Bertz CT molecular complexity index is 837. The van der Waals surface area contributed by atoms with E-state index in [0.29, 0.717) is 18.3 Å². The van der Waals surface area contributed by atoms with Gasteiger partial charge in [0.2, 0.25) is 0 Å². The number of hydrogen-bond acceptors (Lipinski definition) is 5. The second kappa shape index (κ2) is 8.81. The molecule has 0 unspecified atom stereocenters. The minimum atomic E-state index is -0.639. The van der Waals surface area contributed by atoms with Crippen LogP contribution in [-0.4, -0.2) is 22.4 Å². The second-order valence-corrected chi connectivity index (χ2v) is 6.97. The van der Waals surface area contributed by atoms with E-state index in [0.717, 1.165) is 18.9 Å². The van der Waals surface area contributed by atoms with E-state index in [-0.39, 0.29) is 22.1 Å². The first-order chi connectivity index (χ1) is 13.0. The van der Waals surface area contributed by atoms with Crippen LogP contribution in [-0.2, 0) is 0 Å². The highest BCUT2D eigenvalue weighted by Crippen LogP contribution is 2.28. The van der Waals surface area contributed by atoms with Gasteiger partial charge in [0.1, 0.15) is 5.56 Å². The molecule has 0 atom stereocenters. The van der Waals surface area contributed by atoms with Gasteiger partial charge in [-0.25, -0.2) is 4.98 Å². The van der Waals surface area contributed by atoms with Crippen molar-refractivity contribution >= 4 is 29.0 Å². The molecule has 0 bridgehead atoms. The average Bonchev–Trinajstić information content (AvgIpc) is 2.68. The SMILES string of the molecule is O=C(Nc1ncccc1OCC1CCCCC1)c1ccc(Cl)cc1[N+](=O)[O-]. The molecule has 27 heavy (non-hydrogen) atoms. The van der Waals surface area contributed by atoms with Crippen molar-refractivity contribution in [1.29, 1.82) is 0 Å². The molecule has 0 radical (unpaired) electrons. The molecular weight excluding hydrogens is 370 g/mol. The third kappa shape index (κ3) is 4.95. The largest absolute Gasteiger partial charge is 0.489 e. The fourth-order valence-electron chi connectivity index (χ4n) is 3.19. The Morgan fingerprint density at radius 2 is 2.07 bits per heavy atom. The summed E-state index contributed by atoms with van der Waals surface area (Å²) >= 11 is 5.80. The third-order valence-corrected chi connectivity index (χ3v) is 4.84. The van der Waals surface area contributed by atoms with Crippen molar-refractivity contribution in [1.82, 2.24) is 4.98 Å². The van der Waals surface area contributed by atoms with E-state index in [1.54, 1.807) is 12.1 Å². The maximum atomic E-state index is 12.6. The molecule has 7 nitrogen and oxygen atoms in total. The molecular formula is C19H20ClN3O4. The lowest BCUT2D eigenvalue weighted by Crippen LogP contribution is -2.18. The van der Waals surface area contributed by atoms with Gasteiger partial charge in [-0.3, -0.25) is 14.9 Å². The van der Waals surface area contributed by atoms with Gasteiger partial charge in [0.25, 0.3) is 11.6 Å². The van der Waals surface area contributed by atoms with E-state index < -0.39 is 10.8 Å². The summed E-state index contributed by atoms with van der Waals surface area (Å²) in [6.45, 7) is 0.565. The molecule has 1 aliphatic carbocycles. The van der Waals surface area contributed by atoms with E-state index in [9.17, 15) is 14.9 Å². The number of anilines is 1. The zero-order valence-corrected chi connectivity index (χ0v) is 15.4. The number of nitro benzene ring substituents is 1. The number of rotatable bonds is 6. The number of nitrogens with one attached hydrogen (secondary N) is 1. The highest BCUT2D eigenvalue weighted by molar-refractivity contribution is 6.31. The molecule has 1 heterocycles. The summed E-state index contributed by atoms with van der Waals surface area (Å²) < 4.78 is 5.88. The second-order valence-electron chi connectivity index (χ2n) is 6.54. The van der Waals surface area contributed by atoms with Crippen LogP contribution in [0.15, 0.2) is 36.5 Å². The quantitative estimate of drug-likeness (QED) is 0.562. The van der Waals surface area contributed by atoms with Crippen molar-refractivity contribution in [3.05, 3.63) is 57.2 Å². The Kier molecular flexibility index (Phi) is 6.24. The number of pyridine rings is 1. The van der Waals surface area contributed by atoms with E-state index in [1.165, 1.54) is 37.6 Å². The summed E-state index contributed by atoms with van der Waals surface area (Å²) in [5.41, 5.74) is -0.450. The Hall–Kier alpha value is -2.67. The molecule has 1 amide bonds. The molecule has 1 aromatic heterocycles. The minimum Gasteiger partial charge on any atom is -0.489 e. The van der Waals surface area contributed by atoms with Gasteiger partial charge in [-0.1, -0.05) is 30.9 Å². The number of nitro groups is 1. The van der Waals surface area contributed by atoms with E-state index in [2.05, 4.69) is 10.3 Å². The Balaban J connectivity index is 1.74. The van der Waals surface area contributed by atoms with Crippen molar-refractivity contribution in [3.8, 4) is 5.75 Å². The van der Waals surface area contributed by atoms with Gasteiger partial charge in [-0.15, -0.1) is 0 Å². The molecule has 1 fully saturated rings. The van der Waals surface area contributed by atoms with Crippen LogP contribution in [0.1, 0.15) is 42.5 Å². The van der Waals surface area contributed by atoms with Crippen LogP contribution in [0.5, 0.6) is 5.75 Å². The van der Waals surface area contributed by atoms with Crippen LogP contribution < -0.4 is 10.1 Å². The average molecular weight is 390 g/mol. The smallest absolute Gasteiger partial charge is 0.283 e. The Morgan fingerprint density at radius 3 is 2.81 bits per heavy atom. The number of carbonyl (C=O) groups is 1. The van der Waals surface area contributed by atoms with Crippen LogP contribution in [0.3, 0.4) is 0 Å². The number of hydrogen-bond donors (Lipinski definition) is 1. The fourth-order valence-corrected chi connectivity index (χ4v) is 3.35. The molecule has 8 heteroatoms. The number of nitrogens with zero attached hydrogens (tertiary/aromatic N) is 2. The molecule has 0 spiro atoms. The predicted molar refractivity (Wildman–Crippen MR) is 102 cm³/mol. The lowest BCUT2D eigenvalue weighted by molar-refractivity contribution is -0.385. The first-order valence-electron chi connectivity index (χ1n) is 8.87. The normalized spacial score (nSPS) is 14.6. The van der Waals surface area contributed by atoms with Crippen LogP contribution in [0.4, 0.5) is 11.5 Å². The summed E-state index contributed by atoms with van der Waals surface area (Å²) in [6.07, 6.45) is 7.50. The maximum absolute atomic E-state index is 12.6. The van der Waals surface area contributed by atoms with Crippen LogP contribution >= 0.6 is 11.6 Å². The number of amides is 1. The standard InChI is InChI=1S/C19H20ClN3O4/c20-14-8-9-15(16(11-14)23(25)26)19(24)22-18-17(7-4-10-21-18)27-12-13-5-2-1-3-6-13/h4,7-11,13H,1-3,5-6,12H2,(H,21,22,24). The van der Waals surface area contributed by atoms with Gasteiger partial charge in [0, 0.05) is 17.3 Å². The number of ether oxygens (including phenoxy) is 1. The minimum absolute atomic E-state index is 0.0896. The van der Waals surface area contributed by atoms with Crippen LogP contribution in [0, 0.1) is 16.0 Å². The fraction of sp³-hybridized carbons (Fsp3) is 0.368. The van der Waals surface area contributed by atoms with Gasteiger partial charge in [-0.2, -0.15) is 0 Å². The maximum Gasteiger partial charge on any atom is 0.283 e. The number of carbonyl (C=O) groups excluding carboxylic acids is 1. The molecule has 1 aromatic carbocycles. The van der Waals surface area contributed by atoms with Crippen molar-refractivity contribution < 1.29 is 14.5 Å². The number of benzene rings is 1. The molecule has 2 aromatic rings. The van der Waals surface area contributed by atoms with Gasteiger partial charge in [0.05, 0.1) is 11.5 Å². The molecule has 142 valence electrons. The topological polar surface area (TPSA) is 94.4 Å². The van der Waals surface area contributed by atoms with Crippen molar-refractivity contribution in [2.45, 2.75) is 32.1 Å². The molecule has 1 aliphatic rings. The van der Waals surface area contributed by atoms with Gasteiger partial charge in [0.15, 0.2) is 11.6 Å². The van der Waals surface area contributed by atoms with Crippen molar-refractivity contribution in [2.75, 3.05) is 11.9 Å². The number of halogens is 1. The van der Waals surface area contributed by atoms with Gasteiger partial charge >= 0.3 is 0 Å². The first kappa shape index (κ1) is 19.1. The Morgan fingerprint density at radius 1 is 1.30 bits per heavy atom. The van der Waals surface area contributed by atoms with Gasteiger partial charge < -0.3 is 10.1 Å². The Labute approximate surface area is 161 Å². The van der Waals surface area contributed by atoms with Crippen LogP contribution in [0.25, 0.3) is 0 Å². The highest BCUT2D eigenvalue weighted by atomic mass is 35.5. The zero-order chi connectivity index (χ0) is 19.2. The summed E-state index contributed by atoms with van der Waals surface area (Å²) in [4.78, 5) is 27.3. The molecule has 1 N–H and O–H groups in total. The third-order valence-electron chi connectivity index (χ3n) is 4.60. The predicted octanol–water partition coefficient (Wildman–Crippen LogP) is 4.85. The van der Waals surface area contributed by atoms with E-state index in [4.69, 9.17) is 16.3 Å². The monoisotopic (exact) mass is 389 g/mol. The lowest BCUT2D eigenvalue weighted by atomic mass is 9.90. The van der Waals surface area contributed by atoms with Crippen molar-refractivity contribution in [2.24, 2.45) is 5.92 Å². The summed E-state index contributed by atoms with van der Waals surface area (Å²) in [6, 6.07) is 7.34. The highest BCUT2D eigenvalue weighted by Gasteiger charge is 2.22. The van der Waals surface area contributed by atoms with Crippen LogP contribution in [0.2, 0.25) is 5.02 Å². The molecule has 1 saturated carbocycles. The zero-order valence-electron chi connectivity index (χ0n) is 14.7. The molecule has 0 aliphatic heterocycles. The summed E-state index contributed by atoms with van der Waals surface area (Å²) in [7, 11) is 0. The van der Waals surface area contributed by atoms with Gasteiger partial charge in [-0.05, 0) is 43.0 Å². The van der Waals surface area contributed by atoms with Crippen molar-refractivity contribution in [3.63, 3.8) is 0 Å². The lowest BCUT2D eigenvalue weighted by Gasteiger charge is -2.22. The summed E-state index contributed by atoms with van der Waals surface area (Å²) in [5, 5.41) is 14.0. The van der Waals surface area contributed by atoms with E-state index in [1.807, 2.05) is 0 Å². The van der Waals surface area contributed by atoms with E-state index >= 15 is 0 Å². The molecule has 0 saturated heterocycles.